The lowest BCUT2D eigenvalue weighted by Gasteiger charge is -2.37. The number of piperidine rings is 1. The topological polar surface area (TPSA) is 32.3 Å². The number of hydrogen-bond acceptors (Lipinski definition) is 2. The quantitative estimate of drug-likeness (QED) is 0.724. The van der Waals surface area contributed by atoms with Crippen molar-refractivity contribution in [2.75, 3.05) is 13.6 Å². The summed E-state index contributed by atoms with van der Waals surface area (Å²) < 4.78 is 0. The number of carbonyl (C=O) groups is 1. The van der Waals surface area contributed by atoms with Crippen molar-refractivity contribution in [3.8, 4) is 0 Å². The fourth-order valence-electron chi connectivity index (χ4n) is 1.85. The van der Waals surface area contributed by atoms with Crippen LogP contribution >= 0.6 is 0 Å². The molecule has 0 aromatic rings. The van der Waals surface area contributed by atoms with Crippen LogP contribution in [0.25, 0.3) is 0 Å². The van der Waals surface area contributed by atoms with Gasteiger partial charge < -0.3 is 10.2 Å². The lowest BCUT2D eigenvalue weighted by Crippen LogP contribution is -2.53. The predicted octanol–water partition coefficient (Wildman–Crippen LogP) is 1.24. The van der Waals surface area contributed by atoms with E-state index >= 15 is 0 Å². The SMILES string of the molecule is CC(C)C(=O)NC1CCCN(C)C1C. The number of nitrogens with one attached hydrogen (secondary N) is 1. The van der Waals surface area contributed by atoms with E-state index in [2.05, 4.69) is 24.2 Å². The highest BCUT2D eigenvalue weighted by atomic mass is 16.1. The molecule has 0 aromatic carbocycles. The maximum absolute atomic E-state index is 11.5. The van der Waals surface area contributed by atoms with Crippen molar-refractivity contribution < 1.29 is 4.79 Å². The van der Waals surface area contributed by atoms with Gasteiger partial charge in [-0.1, -0.05) is 13.8 Å². The Morgan fingerprint density at radius 2 is 2.14 bits per heavy atom. The van der Waals surface area contributed by atoms with Crippen LogP contribution in [-0.4, -0.2) is 36.5 Å². The molecule has 82 valence electrons. The summed E-state index contributed by atoms with van der Waals surface area (Å²) in [5, 5.41) is 3.12. The van der Waals surface area contributed by atoms with Crippen LogP contribution < -0.4 is 5.32 Å². The standard InChI is InChI=1S/C11H22N2O/c1-8(2)11(14)12-10-6-5-7-13(4)9(10)3/h8-10H,5-7H2,1-4H3,(H,12,14). The largest absolute Gasteiger partial charge is 0.352 e. The Labute approximate surface area is 86.9 Å². The van der Waals surface area contributed by atoms with E-state index in [0.29, 0.717) is 12.1 Å². The van der Waals surface area contributed by atoms with Gasteiger partial charge in [0.15, 0.2) is 0 Å². The minimum Gasteiger partial charge on any atom is -0.352 e. The molecule has 1 saturated heterocycles. The second-order valence-corrected chi connectivity index (χ2v) is 4.63. The van der Waals surface area contributed by atoms with Gasteiger partial charge >= 0.3 is 0 Å². The van der Waals surface area contributed by atoms with Gasteiger partial charge in [0.05, 0.1) is 0 Å². The van der Waals surface area contributed by atoms with Crippen molar-refractivity contribution in [1.29, 1.82) is 0 Å². The molecular weight excluding hydrogens is 176 g/mol. The van der Waals surface area contributed by atoms with Crippen molar-refractivity contribution in [3.05, 3.63) is 0 Å². The molecule has 1 rings (SSSR count). The summed E-state index contributed by atoms with van der Waals surface area (Å²) in [6.45, 7) is 7.21. The van der Waals surface area contributed by atoms with E-state index < -0.39 is 0 Å². The Bertz CT molecular complexity index is 203. The molecule has 3 heteroatoms. The lowest BCUT2D eigenvalue weighted by molar-refractivity contribution is -0.125. The van der Waals surface area contributed by atoms with Crippen LogP contribution in [0.3, 0.4) is 0 Å². The van der Waals surface area contributed by atoms with Crippen LogP contribution in [-0.2, 0) is 4.79 Å². The zero-order valence-electron chi connectivity index (χ0n) is 9.71. The van der Waals surface area contributed by atoms with E-state index in [4.69, 9.17) is 0 Å². The highest BCUT2D eigenvalue weighted by Crippen LogP contribution is 2.15. The number of likely N-dealkylation sites (tertiary alicyclic amines) is 1. The molecule has 14 heavy (non-hydrogen) atoms. The van der Waals surface area contributed by atoms with Gasteiger partial charge in [0.2, 0.25) is 5.91 Å². The molecule has 1 amide bonds. The second-order valence-electron chi connectivity index (χ2n) is 4.63. The molecule has 0 aromatic heterocycles. The summed E-state index contributed by atoms with van der Waals surface area (Å²) in [4.78, 5) is 13.8. The van der Waals surface area contributed by atoms with E-state index in [-0.39, 0.29) is 11.8 Å². The van der Waals surface area contributed by atoms with E-state index in [0.717, 1.165) is 13.0 Å². The average Bonchev–Trinajstić information content (AvgIpc) is 2.12. The van der Waals surface area contributed by atoms with Gasteiger partial charge in [-0.15, -0.1) is 0 Å². The highest BCUT2D eigenvalue weighted by molar-refractivity contribution is 5.78. The summed E-state index contributed by atoms with van der Waals surface area (Å²) >= 11 is 0. The zero-order valence-corrected chi connectivity index (χ0v) is 9.71. The first kappa shape index (κ1) is 11.5. The number of rotatable bonds is 2. The van der Waals surface area contributed by atoms with Gasteiger partial charge in [-0.3, -0.25) is 4.79 Å². The monoisotopic (exact) mass is 198 g/mol. The number of likely N-dealkylation sites (N-methyl/N-ethyl adjacent to an activating group) is 1. The third-order valence-electron chi connectivity index (χ3n) is 3.16. The van der Waals surface area contributed by atoms with Crippen molar-refractivity contribution in [1.82, 2.24) is 10.2 Å². The minimum atomic E-state index is 0.0921. The molecule has 1 aliphatic rings. The first-order valence-electron chi connectivity index (χ1n) is 5.53. The minimum absolute atomic E-state index is 0.0921. The van der Waals surface area contributed by atoms with E-state index in [1.54, 1.807) is 0 Å². The van der Waals surface area contributed by atoms with Crippen LogP contribution in [0.5, 0.6) is 0 Å². The Morgan fingerprint density at radius 3 is 2.71 bits per heavy atom. The molecule has 0 saturated carbocycles. The van der Waals surface area contributed by atoms with E-state index in [1.807, 2.05) is 13.8 Å². The Balaban J connectivity index is 2.47. The van der Waals surface area contributed by atoms with Gasteiger partial charge in [-0.05, 0) is 33.4 Å². The van der Waals surface area contributed by atoms with Gasteiger partial charge in [0.25, 0.3) is 0 Å². The molecule has 1 N–H and O–H groups in total. The fraction of sp³-hybridized carbons (Fsp3) is 0.909. The zero-order chi connectivity index (χ0) is 10.7. The lowest BCUT2D eigenvalue weighted by atomic mass is 9.97. The molecule has 1 heterocycles. The second kappa shape index (κ2) is 4.78. The first-order valence-corrected chi connectivity index (χ1v) is 5.53. The maximum Gasteiger partial charge on any atom is 0.222 e. The Kier molecular flexibility index (Phi) is 3.93. The van der Waals surface area contributed by atoms with Crippen LogP contribution in [0.4, 0.5) is 0 Å². The highest BCUT2D eigenvalue weighted by Gasteiger charge is 2.26. The molecule has 2 atom stereocenters. The van der Waals surface area contributed by atoms with Gasteiger partial charge in [0.1, 0.15) is 0 Å². The number of nitrogens with zero attached hydrogens (tertiary/aromatic N) is 1. The molecule has 0 bridgehead atoms. The maximum atomic E-state index is 11.5. The summed E-state index contributed by atoms with van der Waals surface area (Å²) in [5.41, 5.74) is 0. The van der Waals surface area contributed by atoms with Crippen molar-refractivity contribution in [2.24, 2.45) is 5.92 Å². The molecule has 3 nitrogen and oxygen atoms in total. The normalized spacial score (nSPS) is 29.2. The van der Waals surface area contributed by atoms with Gasteiger partial charge in [0, 0.05) is 18.0 Å². The Hall–Kier alpha value is -0.570. The van der Waals surface area contributed by atoms with Crippen LogP contribution in [0.1, 0.15) is 33.6 Å². The molecule has 0 spiro atoms. The van der Waals surface area contributed by atoms with Crippen LogP contribution in [0.15, 0.2) is 0 Å². The third-order valence-corrected chi connectivity index (χ3v) is 3.16. The smallest absolute Gasteiger partial charge is 0.222 e. The first-order chi connectivity index (χ1) is 6.52. The van der Waals surface area contributed by atoms with Crippen molar-refractivity contribution in [2.45, 2.75) is 45.7 Å². The molecule has 0 aliphatic carbocycles. The molecule has 0 radical (unpaired) electrons. The van der Waals surface area contributed by atoms with E-state index in [9.17, 15) is 4.79 Å². The summed E-state index contributed by atoms with van der Waals surface area (Å²) in [6.07, 6.45) is 2.30. The predicted molar refractivity (Wildman–Crippen MR) is 58.1 cm³/mol. The molecule has 2 unspecified atom stereocenters. The Morgan fingerprint density at radius 1 is 1.50 bits per heavy atom. The van der Waals surface area contributed by atoms with Gasteiger partial charge in [-0.2, -0.15) is 0 Å². The fourth-order valence-corrected chi connectivity index (χ4v) is 1.85. The third kappa shape index (κ3) is 2.71. The van der Waals surface area contributed by atoms with Crippen molar-refractivity contribution >= 4 is 5.91 Å². The summed E-state index contributed by atoms with van der Waals surface area (Å²) in [6, 6.07) is 0.801. The van der Waals surface area contributed by atoms with Crippen molar-refractivity contribution in [3.63, 3.8) is 0 Å². The molecule has 1 aliphatic heterocycles. The number of amides is 1. The summed E-state index contributed by atoms with van der Waals surface area (Å²) in [5.74, 6) is 0.270. The average molecular weight is 198 g/mol. The number of carbonyl (C=O) groups excluding carboxylic acids is 1. The molecule has 1 fully saturated rings. The van der Waals surface area contributed by atoms with Crippen LogP contribution in [0.2, 0.25) is 0 Å². The summed E-state index contributed by atoms with van der Waals surface area (Å²) in [7, 11) is 2.12. The van der Waals surface area contributed by atoms with Crippen LogP contribution in [0, 0.1) is 5.92 Å². The molecular formula is C11H22N2O. The number of hydrogen-bond donors (Lipinski definition) is 1. The van der Waals surface area contributed by atoms with E-state index in [1.165, 1.54) is 6.42 Å². The van der Waals surface area contributed by atoms with Gasteiger partial charge in [-0.25, -0.2) is 0 Å².